The topological polar surface area (TPSA) is 35.5 Å². The molecule has 5 aliphatic rings. The van der Waals surface area contributed by atoms with Crippen molar-refractivity contribution in [3.63, 3.8) is 0 Å². The first-order chi connectivity index (χ1) is 17.1. The van der Waals surface area contributed by atoms with E-state index in [0.29, 0.717) is 17.6 Å². The van der Waals surface area contributed by atoms with E-state index >= 15 is 0 Å². The lowest BCUT2D eigenvalue weighted by Gasteiger charge is -2.61. The molecule has 0 saturated heterocycles. The molecule has 8 rings (SSSR count). The fourth-order valence-corrected chi connectivity index (χ4v) is 8.45. The van der Waals surface area contributed by atoms with Crippen LogP contribution in [0.2, 0.25) is 0 Å². The summed E-state index contributed by atoms with van der Waals surface area (Å²) in [7, 11) is 0. The molecule has 1 atom stereocenters. The predicted molar refractivity (Wildman–Crippen MR) is 138 cm³/mol. The number of hydrogen-bond donors (Lipinski definition) is 0. The van der Waals surface area contributed by atoms with Crippen LogP contribution in [0.4, 0.5) is 0 Å². The quantitative estimate of drug-likeness (QED) is 0.283. The number of benzene rings is 3. The average molecular weight is 483 g/mol. The summed E-state index contributed by atoms with van der Waals surface area (Å²) in [5, 5.41) is 0. The van der Waals surface area contributed by atoms with Crippen LogP contribution >= 0.6 is 11.8 Å². The van der Waals surface area contributed by atoms with Gasteiger partial charge in [0.05, 0.1) is 0 Å². The Balaban J connectivity index is 1.20. The van der Waals surface area contributed by atoms with Crippen molar-refractivity contribution in [2.75, 3.05) is 0 Å². The molecule has 1 aliphatic heterocycles. The standard InChI is InChI=1S/C31H30O3S/c1-31(22-15-19-14-20(17-22)18-23(31)16-19)29-30(32)33-27-9-5-8-26(28(27)34-29)21-10-12-25(13-11-21)35-24-6-3-2-4-7-24/h2-13,19-20,22-23,29H,14-18H2,1H3. The van der Waals surface area contributed by atoms with Crippen LogP contribution < -0.4 is 9.47 Å². The summed E-state index contributed by atoms with van der Waals surface area (Å²) in [6.45, 7) is 2.31. The van der Waals surface area contributed by atoms with Gasteiger partial charge in [-0.1, -0.05) is 61.2 Å². The molecule has 1 unspecified atom stereocenters. The summed E-state index contributed by atoms with van der Waals surface area (Å²) >= 11 is 1.75. The molecule has 3 nitrogen and oxygen atoms in total. The van der Waals surface area contributed by atoms with Gasteiger partial charge in [-0.2, -0.15) is 0 Å². The number of esters is 1. The molecule has 0 N–H and O–H groups in total. The molecular weight excluding hydrogens is 452 g/mol. The molecule has 0 aromatic heterocycles. The number of rotatable bonds is 4. The van der Waals surface area contributed by atoms with Crippen molar-refractivity contribution in [3.8, 4) is 22.6 Å². The number of carbonyl (C=O) groups is 1. The molecule has 4 bridgehead atoms. The summed E-state index contributed by atoms with van der Waals surface area (Å²) in [6.07, 6.45) is 5.83. The number of hydrogen-bond acceptors (Lipinski definition) is 4. The Labute approximate surface area is 211 Å². The Morgan fingerprint density at radius 2 is 1.43 bits per heavy atom. The van der Waals surface area contributed by atoms with Gasteiger partial charge in [0, 0.05) is 20.8 Å². The van der Waals surface area contributed by atoms with E-state index in [-0.39, 0.29) is 11.4 Å². The zero-order valence-corrected chi connectivity index (χ0v) is 20.8. The van der Waals surface area contributed by atoms with Crippen molar-refractivity contribution in [2.24, 2.45) is 29.1 Å². The Kier molecular flexibility index (Phi) is 5.03. The summed E-state index contributed by atoms with van der Waals surface area (Å²) in [6, 6.07) is 24.9. The maximum Gasteiger partial charge on any atom is 0.353 e. The molecule has 0 spiro atoms. The fraction of sp³-hybridized carbons (Fsp3) is 0.387. The van der Waals surface area contributed by atoms with Gasteiger partial charge in [-0.25, -0.2) is 4.79 Å². The van der Waals surface area contributed by atoms with Gasteiger partial charge in [-0.05, 0) is 91.7 Å². The Morgan fingerprint density at radius 3 is 2.11 bits per heavy atom. The fourth-order valence-electron chi connectivity index (χ4n) is 7.61. The molecule has 4 aliphatic carbocycles. The van der Waals surface area contributed by atoms with Crippen molar-refractivity contribution in [1.29, 1.82) is 0 Å². The van der Waals surface area contributed by atoms with E-state index < -0.39 is 6.10 Å². The minimum absolute atomic E-state index is 0.147. The highest BCUT2D eigenvalue weighted by molar-refractivity contribution is 7.99. The van der Waals surface area contributed by atoms with E-state index in [1.54, 1.807) is 11.8 Å². The van der Waals surface area contributed by atoms with Gasteiger partial charge in [-0.3, -0.25) is 0 Å². The van der Waals surface area contributed by atoms with E-state index in [0.717, 1.165) is 28.7 Å². The molecule has 0 amide bonds. The molecule has 4 fully saturated rings. The van der Waals surface area contributed by atoms with Crippen LogP contribution in [0, 0.1) is 29.1 Å². The normalized spacial score (nSPS) is 32.6. The van der Waals surface area contributed by atoms with Gasteiger partial charge in [0.1, 0.15) is 0 Å². The van der Waals surface area contributed by atoms with E-state index in [1.165, 1.54) is 41.9 Å². The van der Waals surface area contributed by atoms with Crippen LogP contribution in [0.1, 0.15) is 39.0 Å². The minimum Gasteiger partial charge on any atom is -0.474 e. The zero-order chi connectivity index (χ0) is 23.6. The monoisotopic (exact) mass is 482 g/mol. The first-order valence-electron chi connectivity index (χ1n) is 12.9. The zero-order valence-electron chi connectivity index (χ0n) is 20.0. The molecule has 3 aromatic rings. The maximum atomic E-state index is 13.3. The second-order valence-electron chi connectivity index (χ2n) is 11.2. The largest absolute Gasteiger partial charge is 0.474 e. The second kappa shape index (κ2) is 8.16. The highest BCUT2D eigenvalue weighted by Crippen LogP contribution is 2.64. The van der Waals surface area contributed by atoms with E-state index in [4.69, 9.17) is 9.47 Å². The molecule has 35 heavy (non-hydrogen) atoms. The van der Waals surface area contributed by atoms with Crippen molar-refractivity contribution in [1.82, 2.24) is 0 Å². The van der Waals surface area contributed by atoms with Crippen molar-refractivity contribution < 1.29 is 14.3 Å². The van der Waals surface area contributed by atoms with Gasteiger partial charge < -0.3 is 9.47 Å². The van der Waals surface area contributed by atoms with E-state index in [1.807, 2.05) is 18.2 Å². The summed E-state index contributed by atoms with van der Waals surface area (Å²) < 4.78 is 12.7. The minimum atomic E-state index is -0.529. The second-order valence-corrected chi connectivity index (χ2v) is 12.3. The smallest absolute Gasteiger partial charge is 0.353 e. The van der Waals surface area contributed by atoms with Crippen LogP contribution in [0.15, 0.2) is 82.6 Å². The average Bonchev–Trinajstić information content (AvgIpc) is 2.87. The summed E-state index contributed by atoms with van der Waals surface area (Å²) in [5.41, 5.74) is 1.92. The Bertz CT molecular complexity index is 1240. The molecule has 178 valence electrons. The first-order valence-corrected chi connectivity index (χ1v) is 13.7. The van der Waals surface area contributed by atoms with Crippen LogP contribution in [0.25, 0.3) is 11.1 Å². The lowest BCUT2D eigenvalue weighted by Crippen LogP contribution is -2.61. The van der Waals surface area contributed by atoms with Crippen LogP contribution in [-0.2, 0) is 4.79 Å². The van der Waals surface area contributed by atoms with Crippen molar-refractivity contribution >= 4 is 17.7 Å². The van der Waals surface area contributed by atoms with Gasteiger partial charge in [0.15, 0.2) is 11.5 Å². The lowest BCUT2D eigenvalue weighted by molar-refractivity contribution is -0.181. The van der Waals surface area contributed by atoms with Crippen molar-refractivity contribution in [2.45, 2.75) is 54.9 Å². The number of para-hydroxylation sites is 1. The molecule has 4 saturated carbocycles. The summed E-state index contributed by atoms with van der Waals surface area (Å²) in [4.78, 5) is 15.7. The van der Waals surface area contributed by atoms with Gasteiger partial charge in [0.25, 0.3) is 0 Å². The third-order valence-electron chi connectivity index (χ3n) is 9.25. The predicted octanol–water partition coefficient (Wildman–Crippen LogP) is 7.63. The van der Waals surface area contributed by atoms with Gasteiger partial charge >= 0.3 is 5.97 Å². The van der Waals surface area contributed by atoms with Crippen LogP contribution in [0.5, 0.6) is 11.5 Å². The Hall–Kier alpha value is -2.72. The van der Waals surface area contributed by atoms with E-state index in [2.05, 4.69) is 61.5 Å². The molecular formula is C31H30O3S. The third-order valence-corrected chi connectivity index (χ3v) is 10.3. The molecule has 1 heterocycles. The Morgan fingerprint density at radius 1 is 0.771 bits per heavy atom. The molecule has 3 aromatic carbocycles. The highest BCUT2D eigenvalue weighted by atomic mass is 32.2. The van der Waals surface area contributed by atoms with Crippen molar-refractivity contribution in [3.05, 3.63) is 72.8 Å². The SMILES string of the molecule is CC1(C2Oc3c(cccc3-c3ccc(Sc4ccccc4)cc3)OC2=O)C2CC3CC(C2)CC1C3. The number of ether oxygens (including phenoxy) is 2. The highest BCUT2D eigenvalue weighted by Gasteiger charge is 2.61. The molecule has 4 heteroatoms. The lowest BCUT2D eigenvalue weighted by atomic mass is 9.44. The maximum absolute atomic E-state index is 13.3. The third kappa shape index (κ3) is 3.52. The van der Waals surface area contributed by atoms with Gasteiger partial charge in [-0.15, -0.1) is 0 Å². The van der Waals surface area contributed by atoms with Gasteiger partial charge in [0.2, 0.25) is 6.10 Å². The number of fused-ring (bicyclic) bond motifs is 1. The van der Waals surface area contributed by atoms with E-state index in [9.17, 15) is 4.79 Å². The summed E-state index contributed by atoms with van der Waals surface area (Å²) in [5.74, 6) is 3.85. The number of carbonyl (C=O) groups excluding carboxylic acids is 1. The van der Waals surface area contributed by atoms with Crippen LogP contribution in [-0.4, -0.2) is 12.1 Å². The van der Waals surface area contributed by atoms with Crippen LogP contribution in [0.3, 0.4) is 0 Å². The molecule has 0 radical (unpaired) electrons. The first kappa shape index (κ1) is 21.6.